The molecule has 0 radical (unpaired) electrons. The van der Waals surface area contributed by atoms with Crippen LogP contribution < -0.4 is 4.74 Å². The molecule has 0 aromatic heterocycles. The molecular weight excluding hydrogens is 212 g/mol. The van der Waals surface area contributed by atoms with Crippen molar-refractivity contribution in [2.45, 2.75) is 13.8 Å². The molecule has 0 bridgehead atoms. The molecule has 0 saturated heterocycles. The fourth-order valence-corrected chi connectivity index (χ4v) is 1.34. The van der Waals surface area contributed by atoms with Crippen LogP contribution in [0, 0.1) is 0 Å². The minimum Gasteiger partial charge on any atom is -0.496 e. The van der Waals surface area contributed by atoms with Crippen molar-refractivity contribution in [3.8, 4) is 5.75 Å². The topological polar surface area (TPSA) is 18.5 Å². The first-order valence-corrected chi connectivity index (χ1v) is 5.74. The summed E-state index contributed by atoms with van der Waals surface area (Å²) in [6.07, 6.45) is 6.08. The van der Waals surface area contributed by atoms with Crippen molar-refractivity contribution in [1.29, 1.82) is 0 Å². The molecule has 0 saturated carbocycles. The van der Waals surface area contributed by atoms with Crippen LogP contribution in [0.2, 0.25) is 0 Å². The number of hydrogen-bond donors (Lipinski definition) is 0. The zero-order valence-corrected chi connectivity index (χ0v) is 10.8. The largest absolute Gasteiger partial charge is 0.496 e. The number of hydrogen-bond acceptors (Lipinski definition) is 2. The monoisotopic (exact) mass is 232 g/mol. The van der Waals surface area contributed by atoms with Gasteiger partial charge in [0.1, 0.15) is 5.75 Å². The van der Waals surface area contributed by atoms with E-state index in [4.69, 9.17) is 9.47 Å². The molecule has 2 nitrogen and oxygen atoms in total. The third-order valence-corrected chi connectivity index (χ3v) is 2.26. The predicted molar refractivity (Wildman–Crippen MR) is 72.3 cm³/mol. The van der Waals surface area contributed by atoms with Gasteiger partial charge in [-0.05, 0) is 19.9 Å². The Morgan fingerprint density at radius 2 is 1.94 bits per heavy atom. The lowest BCUT2D eigenvalue weighted by Crippen LogP contribution is -1.91. The Labute approximate surface area is 104 Å². The van der Waals surface area contributed by atoms with Crippen molar-refractivity contribution in [3.05, 3.63) is 47.6 Å². The second-order valence-corrected chi connectivity index (χ2v) is 3.96. The third-order valence-electron chi connectivity index (χ3n) is 2.26. The maximum Gasteiger partial charge on any atom is 0.126 e. The van der Waals surface area contributed by atoms with Crippen LogP contribution in [0.1, 0.15) is 19.4 Å². The summed E-state index contributed by atoms with van der Waals surface area (Å²) in [7, 11) is 1.68. The first-order valence-electron chi connectivity index (χ1n) is 5.74. The van der Waals surface area contributed by atoms with E-state index in [1.807, 2.05) is 36.4 Å². The molecule has 17 heavy (non-hydrogen) atoms. The molecule has 0 amide bonds. The first-order chi connectivity index (χ1) is 8.24. The van der Waals surface area contributed by atoms with Crippen molar-refractivity contribution >= 4 is 6.08 Å². The normalized spacial score (nSPS) is 10.5. The SMILES string of the molecule is COc1ccccc1/C=C/COCC=C(C)C. The summed E-state index contributed by atoms with van der Waals surface area (Å²) < 4.78 is 10.7. The minimum absolute atomic E-state index is 0.613. The van der Waals surface area contributed by atoms with Crippen molar-refractivity contribution in [2.24, 2.45) is 0 Å². The van der Waals surface area contributed by atoms with Gasteiger partial charge in [-0.3, -0.25) is 0 Å². The molecule has 0 unspecified atom stereocenters. The molecule has 0 aliphatic rings. The summed E-state index contributed by atoms with van der Waals surface area (Å²) in [5.41, 5.74) is 2.35. The molecule has 1 aromatic rings. The average molecular weight is 232 g/mol. The lowest BCUT2D eigenvalue weighted by molar-refractivity contribution is 0.194. The highest BCUT2D eigenvalue weighted by Gasteiger charge is 1.95. The summed E-state index contributed by atoms with van der Waals surface area (Å²) in [5, 5.41) is 0. The highest BCUT2D eigenvalue weighted by Crippen LogP contribution is 2.18. The minimum atomic E-state index is 0.613. The molecule has 0 spiro atoms. The van der Waals surface area contributed by atoms with Crippen molar-refractivity contribution in [2.75, 3.05) is 20.3 Å². The van der Waals surface area contributed by atoms with E-state index >= 15 is 0 Å². The van der Waals surface area contributed by atoms with Gasteiger partial charge < -0.3 is 9.47 Å². The van der Waals surface area contributed by atoms with E-state index in [1.165, 1.54) is 5.57 Å². The van der Waals surface area contributed by atoms with Crippen LogP contribution in [0.25, 0.3) is 6.08 Å². The number of rotatable bonds is 6. The van der Waals surface area contributed by atoms with Crippen LogP contribution in [0.4, 0.5) is 0 Å². The second kappa shape index (κ2) is 7.69. The Balaban J connectivity index is 2.40. The zero-order chi connectivity index (χ0) is 12.5. The molecule has 92 valence electrons. The van der Waals surface area contributed by atoms with Gasteiger partial charge in [-0.1, -0.05) is 42.0 Å². The van der Waals surface area contributed by atoms with E-state index in [9.17, 15) is 0 Å². The Morgan fingerprint density at radius 1 is 1.18 bits per heavy atom. The van der Waals surface area contributed by atoms with Gasteiger partial charge in [0.2, 0.25) is 0 Å². The van der Waals surface area contributed by atoms with Crippen LogP contribution in [0.3, 0.4) is 0 Å². The molecule has 0 N–H and O–H groups in total. The predicted octanol–water partition coefficient (Wildman–Crippen LogP) is 3.69. The van der Waals surface area contributed by atoms with Gasteiger partial charge in [0, 0.05) is 5.56 Å². The molecule has 0 atom stereocenters. The molecule has 0 fully saturated rings. The van der Waals surface area contributed by atoms with Crippen LogP contribution in [-0.2, 0) is 4.74 Å². The highest BCUT2D eigenvalue weighted by atomic mass is 16.5. The standard InChI is InChI=1S/C15H20O2/c1-13(2)10-12-17-11-6-8-14-7-4-5-9-15(14)16-3/h4-10H,11-12H2,1-3H3/b8-6+. The molecular formula is C15H20O2. The van der Waals surface area contributed by atoms with E-state index in [-0.39, 0.29) is 0 Å². The number of methoxy groups -OCH3 is 1. The van der Waals surface area contributed by atoms with E-state index in [1.54, 1.807) is 7.11 Å². The third kappa shape index (κ3) is 5.36. The Kier molecular flexibility index (Phi) is 6.12. The molecule has 1 rings (SSSR count). The molecule has 0 aliphatic carbocycles. The van der Waals surface area contributed by atoms with Gasteiger partial charge in [0.25, 0.3) is 0 Å². The lowest BCUT2D eigenvalue weighted by Gasteiger charge is -2.03. The first kappa shape index (κ1) is 13.5. The Morgan fingerprint density at radius 3 is 2.65 bits per heavy atom. The van der Waals surface area contributed by atoms with Crippen LogP contribution in [0.15, 0.2) is 42.0 Å². The molecule has 0 aliphatic heterocycles. The van der Waals surface area contributed by atoms with Crippen LogP contribution >= 0.6 is 0 Å². The summed E-state index contributed by atoms with van der Waals surface area (Å²) in [5.74, 6) is 0.882. The van der Waals surface area contributed by atoms with Gasteiger partial charge in [-0.2, -0.15) is 0 Å². The van der Waals surface area contributed by atoms with Crippen molar-refractivity contribution in [3.63, 3.8) is 0 Å². The fraction of sp³-hybridized carbons (Fsp3) is 0.333. The number of ether oxygens (including phenoxy) is 2. The van der Waals surface area contributed by atoms with Gasteiger partial charge in [0.05, 0.1) is 20.3 Å². The van der Waals surface area contributed by atoms with Gasteiger partial charge in [-0.25, -0.2) is 0 Å². The maximum atomic E-state index is 5.44. The van der Waals surface area contributed by atoms with Crippen molar-refractivity contribution < 1.29 is 9.47 Å². The zero-order valence-electron chi connectivity index (χ0n) is 10.8. The number of allylic oxidation sites excluding steroid dienone is 1. The van der Waals surface area contributed by atoms with Crippen molar-refractivity contribution in [1.82, 2.24) is 0 Å². The second-order valence-electron chi connectivity index (χ2n) is 3.96. The maximum absolute atomic E-state index is 5.44. The average Bonchev–Trinajstić information content (AvgIpc) is 2.33. The Hall–Kier alpha value is -1.54. The summed E-state index contributed by atoms with van der Waals surface area (Å²) >= 11 is 0. The van der Waals surface area contributed by atoms with Gasteiger partial charge >= 0.3 is 0 Å². The van der Waals surface area contributed by atoms with E-state index in [0.29, 0.717) is 13.2 Å². The van der Waals surface area contributed by atoms with E-state index in [0.717, 1.165) is 11.3 Å². The highest BCUT2D eigenvalue weighted by molar-refractivity contribution is 5.57. The smallest absolute Gasteiger partial charge is 0.126 e. The van der Waals surface area contributed by atoms with Gasteiger partial charge in [0.15, 0.2) is 0 Å². The summed E-state index contributed by atoms with van der Waals surface area (Å²) in [6, 6.07) is 7.92. The number of para-hydroxylation sites is 1. The summed E-state index contributed by atoms with van der Waals surface area (Å²) in [4.78, 5) is 0. The number of benzene rings is 1. The van der Waals surface area contributed by atoms with E-state index in [2.05, 4.69) is 19.9 Å². The van der Waals surface area contributed by atoms with Crippen LogP contribution in [0.5, 0.6) is 5.75 Å². The lowest BCUT2D eigenvalue weighted by atomic mass is 10.2. The molecule has 1 aromatic carbocycles. The summed E-state index contributed by atoms with van der Waals surface area (Å²) in [6.45, 7) is 5.41. The quantitative estimate of drug-likeness (QED) is 0.550. The van der Waals surface area contributed by atoms with Gasteiger partial charge in [-0.15, -0.1) is 0 Å². The van der Waals surface area contributed by atoms with E-state index < -0.39 is 0 Å². The molecule has 0 heterocycles. The fourth-order valence-electron chi connectivity index (χ4n) is 1.34. The van der Waals surface area contributed by atoms with Crippen LogP contribution in [-0.4, -0.2) is 20.3 Å². The Bertz CT molecular complexity index is 388. The molecule has 2 heteroatoms.